The van der Waals surface area contributed by atoms with Crippen LogP contribution in [0.5, 0.6) is 0 Å². The molecule has 20 heavy (non-hydrogen) atoms. The van der Waals surface area contributed by atoms with Gasteiger partial charge in [0.05, 0.1) is 16.3 Å². The molecule has 3 aromatic heterocycles. The number of anilines is 1. The second-order valence-electron chi connectivity index (χ2n) is 4.81. The number of nitrogens with two attached hydrogens (primary N) is 1. The van der Waals surface area contributed by atoms with Gasteiger partial charge in [-0.05, 0) is 25.0 Å². The van der Waals surface area contributed by atoms with E-state index in [1.165, 1.54) is 34.7 Å². The van der Waals surface area contributed by atoms with Crippen LogP contribution < -0.4 is 5.73 Å². The Morgan fingerprint density at radius 3 is 2.60 bits per heavy atom. The average Bonchev–Trinajstić information content (AvgIpc) is 3.08. The van der Waals surface area contributed by atoms with Gasteiger partial charge < -0.3 is 5.73 Å². The molecule has 0 atom stereocenters. The Labute approximate surface area is 124 Å². The number of aromatic nitrogens is 3. The Morgan fingerprint density at radius 2 is 1.95 bits per heavy atom. The molecule has 0 aromatic carbocycles. The van der Waals surface area contributed by atoms with Crippen molar-refractivity contribution in [2.45, 2.75) is 18.8 Å². The summed E-state index contributed by atoms with van der Waals surface area (Å²) in [5, 5.41) is 3.67. The first-order valence-electron chi connectivity index (χ1n) is 6.44. The van der Waals surface area contributed by atoms with Crippen LogP contribution in [0.25, 0.3) is 21.1 Å². The highest BCUT2D eigenvalue weighted by Crippen LogP contribution is 2.47. The summed E-state index contributed by atoms with van der Waals surface area (Å²) < 4.78 is 0. The van der Waals surface area contributed by atoms with Gasteiger partial charge in [-0.25, -0.2) is 9.97 Å². The van der Waals surface area contributed by atoms with Crippen molar-refractivity contribution in [2.24, 2.45) is 0 Å². The largest absolute Gasteiger partial charge is 0.375 e. The van der Waals surface area contributed by atoms with E-state index < -0.39 is 0 Å². The number of nitrogen functional groups attached to an aromatic ring is 1. The lowest BCUT2D eigenvalue weighted by Gasteiger charge is -1.94. The summed E-state index contributed by atoms with van der Waals surface area (Å²) >= 11 is 3.18. The molecule has 0 spiro atoms. The van der Waals surface area contributed by atoms with Crippen LogP contribution in [-0.2, 0) is 0 Å². The minimum Gasteiger partial charge on any atom is -0.375 e. The van der Waals surface area contributed by atoms with Gasteiger partial charge >= 0.3 is 0 Å². The molecule has 3 heterocycles. The molecule has 0 radical (unpaired) electrons. The predicted molar refractivity (Wildman–Crippen MR) is 82.8 cm³/mol. The van der Waals surface area contributed by atoms with Gasteiger partial charge in [-0.3, -0.25) is 4.98 Å². The van der Waals surface area contributed by atoms with Crippen LogP contribution in [0.3, 0.4) is 0 Å². The van der Waals surface area contributed by atoms with Crippen LogP contribution in [0.1, 0.15) is 24.5 Å². The first-order valence-corrected chi connectivity index (χ1v) is 8.13. The summed E-state index contributed by atoms with van der Waals surface area (Å²) in [4.78, 5) is 14.5. The Morgan fingerprint density at radius 1 is 1.15 bits per heavy atom. The smallest absolute Gasteiger partial charge is 0.180 e. The fourth-order valence-electron chi connectivity index (χ4n) is 2.16. The summed E-state index contributed by atoms with van der Waals surface area (Å²) in [5.41, 5.74) is 9.02. The van der Waals surface area contributed by atoms with E-state index in [9.17, 15) is 0 Å². The maximum Gasteiger partial charge on any atom is 0.180 e. The highest BCUT2D eigenvalue weighted by Gasteiger charge is 2.31. The maximum atomic E-state index is 5.76. The molecule has 6 heteroatoms. The fourth-order valence-corrected chi connectivity index (χ4v) is 3.90. The summed E-state index contributed by atoms with van der Waals surface area (Å²) in [6.07, 6.45) is 6.06. The maximum absolute atomic E-state index is 5.76. The first-order chi connectivity index (χ1) is 9.81. The summed E-state index contributed by atoms with van der Waals surface area (Å²) in [6.45, 7) is 0. The van der Waals surface area contributed by atoms with E-state index in [1.54, 1.807) is 23.7 Å². The third-order valence-electron chi connectivity index (χ3n) is 3.30. The summed E-state index contributed by atoms with van der Waals surface area (Å²) in [7, 11) is 0. The normalized spacial score (nSPS) is 14.6. The zero-order valence-corrected chi connectivity index (χ0v) is 12.2. The zero-order chi connectivity index (χ0) is 13.5. The van der Waals surface area contributed by atoms with Gasteiger partial charge in [0.15, 0.2) is 5.13 Å². The number of pyridine rings is 1. The molecule has 0 saturated heterocycles. The molecule has 100 valence electrons. The molecular formula is C14H12N4S2. The first kappa shape index (κ1) is 12.0. The highest BCUT2D eigenvalue weighted by molar-refractivity contribution is 7.19. The zero-order valence-electron chi connectivity index (χ0n) is 10.6. The van der Waals surface area contributed by atoms with Crippen LogP contribution in [0, 0.1) is 0 Å². The van der Waals surface area contributed by atoms with E-state index >= 15 is 0 Å². The quantitative estimate of drug-likeness (QED) is 0.799. The monoisotopic (exact) mass is 300 g/mol. The van der Waals surface area contributed by atoms with Crippen molar-refractivity contribution in [3.05, 3.63) is 35.6 Å². The molecular weight excluding hydrogens is 288 g/mol. The molecule has 2 N–H and O–H groups in total. The molecule has 4 rings (SSSR count). The fraction of sp³-hybridized carbons (Fsp3) is 0.214. The Hall–Kier alpha value is -1.79. The highest BCUT2D eigenvalue weighted by atomic mass is 32.1. The van der Waals surface area contributed by atoms with Gasteiger partial charge in [-0.2, -0.15) is 0 Å². The van der Waals surface area contributed by atoms with Gasteiger partial charge in [0.2, 0.25) is 0 Å². The van der Waals surface area contributed by atoms with Crippen LogP contribution in [0.2, 0.25) is 0 Å². The molecule has 0 unspecified atom stereocenters. The van der Waals surface area contributed by atoms with Crippen molar-refractivity contribution in [3.8, 4) is 21.1 Å². The molecule has 1 aliphatic carbocycles. The van der Waals surface area contributed by atoms with E-state index in [0.29, 0.717) is 11.0 Å². The number of thiazole rings is 2. The molecule has 0 aliphatic heterocycles. The van der Waals surface area contributed by atoms with Crippen molar-refractivity contribution in [1.82, 2.24) is 15.0 Å². The second kappa shape index (κ2) is 4.64. The number of hydrogen-bond donors (Lipinski definition) is 1. The van der Waals surface area contributed by atoms with E-state index in [1.807, 2.05) is 17.5 Å². The lowest BCUT2D eigenvalue weighted by Crippen LogP contribution is -1.86. The van der Waals surface area contributed by atoms with Crippen LogP contribution >= 0.6 is 22.7 Å². The molecule has 0 amide bonds. The Bertz CT molecular complexity index is 744. The van der Waals surface area contributed by atoms with Crippen LogP contribution in [0.15, 0.2) is 29.9 Å². The van der Waals surface area contributed by atoms with Gasteiger partial charge in [0.25, 0.3) is 0 Å². The Kier molecular flexibility index (Phi) is 2.78. The molecule has 1 aliphatic rings. The van der Waals surface area contributed by atoms with Crippen molar-refractivity contribution < 1.29 is 0 Å². The standard InChI is InChI=1S/C14H12N4S2/c15-14-17-10(7-19-14)12-11(8-1-2-8)18-13(20-12)9-3-5-16-6-4-9/h3-8H,1-2H2,(H2,15,17). The number of rotatable bonds is 3. The van der Waals surface area contributed by atoms with Crippen molar-refractivity contribution in [1.29, 1.82) is 0 Å². The third-order valence-corrected chi connectivity index (χ3v) is 5.12. The minimum absolute atomic E-state index is 0.597. The van der Waals surface area contributed by atoms with E-state index in [0.717, 1.165) is 16.3 Å². The van der Waals surface area contributed by atoms with E-state index in [-0.39, 0.29) is 0 Å². The molecule has 1 saturated carbocycles. The van der Waals surface area contributed by atoms with Gasteiger partial charge in [0, 0.05) is 29.3 Å². The lowest BCUT2D eigenvalue weighted by molar-refractivity contribution is 1.05. The van der Waals surface area contributed by atoms with E-state index in [2.05, 4.69) is 9.97 Å². The van der Waals surface area contributed by atoms with Gasteiger partial charge in [-0.15, -0.1) is 22.7 Å². The SMILES string of the molecule is Nc1nc(-c2sc(-c3ccncc3)nc2C2CC2)cs1. The van der Waals surface area contributed by atoms with Crippen molar-refractivity contribution in [2.75, 3.05) is 5.73 Å². The number of hydrogen-bond acceptors (Lipinski definition) is 6. The summed E-state index contributed by atoms with van der Waals surface area (Å²) in [6, 6.07) is 3.99. The second-order valence-corrected chi connectivity index (χ2v) is 6.70. The summed E-state index contributed by atoms with van der Waals surface area (Å²) in [5.74, 6) is 0.597. The van der Waals surface area contributed by atoms with Gasteiger partial charge in [-0.1, -0.05) is 0 Å². The molecule has 1 fully saturated rings. The van der Waals surface area contributed by atoms with Crippen molar-refractivity contribution in [3.63, 3.8) is 0 Å². The molecule has 4 nitrogen and oxygen atoms in total. The average molecular weight is 300 g/mol. The van der Waals surface area contributed by atoms with Crippen LogP contribution in [0.4, 0.5) is 5.13 Å². The third kappa shape index (κ3) is 2.10. The minimum atomic E-state index is 0.597. The van der Waals surface area contributed by atoms with Crippen molar-refractivity contribution >= 4 is 27.8 Å². The molecule has 0 bridgehead atoms. The van der Waals surface area contributed by atoms with E-state index in [4.69, 9.17) is 10.7 Å². The predicted octanol–water partition coefficient (Wildman–Crippen LogP) is 3.79. The number of nitrogens with zero attached hydrogens (tertiary/aromatic N) is 3. The lowest BCUT2D eigenvalue weighted by atomic mass is 10.2. The topological polar surface area (TPSA) is 64.7 Å². The molecule has 3 aromatic rings. The van der Waals surface area contributed by atoms with Gasteiger partial charge in [0.1, 0.15) is 5.01 Å². The Balaban J connectivity index is 1.83. The van der Waals surface area contributed by atoms with Crippen LogP contribution in [-0.4, -0.2) is 15.0 Å².